The number of carbonyl (C=O) groups excluding carboxylic acids is 1. The monoisotopic (exact) mass is 613 g/mol. The number of hydrogen-bond donors (Lipinski definition) is 4. The predicted octanol–water partition coefficient (Wildman–Crippen LogP) is 7.44. The fourth-order valence-corrected chi connectivity index (χ4v) is 6.30. The lowest BCUT2D eigenvalue weighted by Crippen LogP contribution is -2.64. The van der Waals surface area contributed by atoms with E-state index in [-0.39, 0.29) is 41.2 Å². The van der Waals surface area contributed by atoms with Gasteiger partial charge in [-0.1, -0.05) is 79.6 Å². The van der Waals surface area contributed by atoms with Gasteiger partial charge in [0.25, 0.3) is 5.91 Å². The molecule has 1 saturated heterocycles. The molecule has 0 spiro atoms. The Kier molecular flexibility index (Phi) is 10.1. The lowest BCUT2D eigenvalue weighted by atomic mass is 9.79. The summed E-state index contributed by atoms with van der Waals surface area (Å²) < 4.78 is 27.4. The van der Waals surface area contributed by atoms with Crippen molar-refractivity contribution < 1.29 is 13.6 Å². The number of benzene rings is 3. The summed E-state index contributed by atoms with van der Waals surface area (Å²) in [5, 5.41) is 7.25. The first-order chi connectivity index (χ1) is 20.3. The highest BCUT2D eigenvalue weighted by atomic mass is 35.5. The third-order valence-corrected chi connectivity index (χ3v) is 8.74. The Bertz CT molecular complexity index is 1410. The fourth-order valence-electron chi connectivity index (χ4n) is 5.88. The van der Waals surface area contributed by atoms with Crippen molar-refractivity contribution >= 4 is 35.1 Å². The highest BCUT2D eigenvalue weighted by molar-refractivity contribution is 6.31. The summed E-state index contributed by atoms with van der Waals surface area (Å²) in [6.45, 7) is 0.118. The van der Waals surface area contributed by atoms with Crippen LogP contribution in [0.4, 0.5) is 8.78 Å². The smallest absolute Gasteiger partial charge is 0.257 e. The van der Waals surface area contributed by atoms with Crippen LogP contribution >= 0.6 is 23.2 Å². The van der Waals surface area contributed by atoms with Crippen molar-refractivity contribution in [1.82, 2.24) is 21.5 Å². The van der Waals surface area contributed by atoms with Gasteiger partial charge in [-0.25, -0.2) is 24.6 Å². The van der Waals surface area contributed by atoms with Crippen LogP contribution < -0.4 is 21.5 Å². The van der Waals surface area contributed by atoms with Crippen molar-refractivity contribution in [3.63, 3.8) is 0 Å². The molecule has 5 rings (SSSR count). The molecule has 3 aromatic carbocycles. The maximum Gasteiger partial charge on any atom is 0.257 e. The van der Waals surface area contributed by atoms with Crippen molar-refractivity contribution in [3.05, 3.63) is 105 Å². The van der Waals surface area contributed by atoms with Crippen molar-refractivity contribution in [2.75, 3.05) is 0 Å². The molecule has 1 aliphatic carbocycles. The number of carbonyl (C=O) groups is 1. The Labute approximate surface area is 255 Å². The molecule has 1 saturated carbocycles. The minimum atomic E-state index is -0.663. The SMILES string of the molecule is O=C(NC(=NCc1ccc(F)cc1Cl)NC1(C2CCCCCCC2)CC(c2ccc(F)cc2)NN1)c1cccc(Cl)c1. The van der Waals surface area contributed by atoms with E-state index in [0.29, 0.717) is 22.6 Å². The predicted molar refractivity (Wildman–Crippen MR) is 163 cm³/mol. The first-order valence-electron chi connectivity index (χ1n) is 14.4. The molecule has 3 aromatic rings. The van der Waals surface area contributed by atoms with Gasteiger partial charge in [0.05, 0.1) is 6.54 Å². The maximum atomic E-state index is 13.7. The van der Waals surface area contributed by atoms with E-state index in [9.17, 15) is 13.6 Å². The van der Waals surface area contributed by atoms with E-state index < -0.39 is 11.5 Å². The minimum Gasteiger partial charge on any atom is -0.337 e. The molecule has 2 aliphatic rings. The normalized spacial score (nSPS) is 21.9. The van der Waals surface area contributed by atoms with Gasteiger partial charge in [0.15, 0.2) is 5.96 Å². The molecule has 4 N–H and O–H groups in total. The molecule has 6 nitrogen and oxygen atoms in total. The number of aliphatic imine (C=N–C) groups is 1. The van der Waals surface area contributed by atoms with E-state index in [1.165, 1.54) is 43.5 Å². The van der Waals surface area contributed by atoms with Gasteiger partial charge in [-0.2, -0.15) is 0 Å². The topological polar surface area (TPSA) is 77.5 Å². The zero-order chi connectivity index (χ0) is 29.5. The molecule has 2 fully saturated rings. The molecule has 10 heteroatoms. The molecule has 0 bridgehead atoms. The Hall–Kier alpha value is -3.04. The first-order valence-corrected chi connectivity index (χ1v) is 15.2. The van der Waals surface area contributed by atoms with Gasteiger partial charge in [0.1, 0.15) is 17.3 Å². The molecule has 1 heterocycles. The third-order valence-electron chi connectivity index (χ3n) is 8.15. The zero-order valence-electron chi connectivity index (χ0n) is 23.2. The fraction of sp³-hybridized carbons (Fsp3) is 0.375. The molecule has 0 aromatic heterocycles. The van der Waals surface area contributed by atoms with Gasteiger partial charge in [0.2, 0.25) is 0 Å². The van der Waals surface area contributed by atoms with E-state index in [1.807, 2.05) is 0 Å². The van der Waals surface area contributed by atoms with E-state index in [4.69, 9.17) is 28.2 Å². The van der Waals surface area contributed by atoms with Crippen molar-refractivity contribution in [1.29, 1.82) is 0 Å². The van der Waals surface area contributed by atoms with Crippen LogP contribution in [-0.4, -0.2) is 17.5 Å². The largest absolute Gasteiger partial charge is 0.337 e. The molecule has 2 unspecified atom stereocenters. The Morgan fingerprint density at radius 2 is 1.64 bits per heavy atom. The van der Waals surface area contributed by atoms with Crippen LogP contribution in [-0.2, 0) is 6.54 Å². The van der Waals surface area contributed by atoms with Crippen molar-refractivity contribution in [2.24, 2.45) is 10.9 Å². The van der Waals surface area contributed by atoms with Gasteiger partial charge >= 0.3 is 0 Å². The Morgan fingerprint density at radius 1 is 0.929 bits per heavy atom. The van der Waals surface area contributed by atoms with Crippen LogP contribution in [0, 0.1) is 17.6 Å². The summed E-state index contributed by atoms with van der Waals surface area (Å²) >= 11 is 12.5. The quantitative estimate of drug-likeness (QED) is 0.172. The van der Waals surface area contributed by atoms with Gasteiger partial charge in [-0.15, -0.1) is 0 Å². The molecule has 0 radical (unpaired) electrons. The summed E-state index contributed by atoms with van der Waals surface area (Å²) in [7, 11) is 0. The van der Waals surface area contributed by atoms with E-state index in [2.05, 4.69) is 21.5 Å². The van der Waals surface area contributed by atoms with Crippen LogP contribution in [0.3, 0.4) is 0 Å². The average molecular weight is 615 g/mol. The second kappa shape index (κ2) is 14.0. The second-order valence-corrected chi connectivity index (χ2v) is 11.9. The Morgan fingerprint density at radius 3 is 2.36 bits per heavy atom. The molecule has 1 amide bonds. The number of halogens is 4. The van der Waals surface area contributed by atoms with Gasteiger partial charge in [-0.3, -0.25) is 10.1 Å². The minimum absolute atomic E-state index is 0.0973. The van der Waals surface area contributed by atoms with E-state index >= 15 is 0 Å². The average Bonchev–Trinajstić information content (AvgIpc) is 3.37. The first kappa shape index (κ1) is 30.4. The van der Waals surface area contributed by atoms with Crippen LogP contribution in [0.1, 0.15) is 78.9 Å². The molecular weight excluding hydrogens is 579 g/mol. The second-order valence-electron chi connectivity index (χ2n) is 11.1. The summed E-state index contributed by atoms with van der Waals surface area (Å²) in [5.41, 5.74) is 8.26. The summed E-state index contributed by atoms with van der Waals surface area (Å²) in [6, 6.07) is 17.3. The van der Waals surface area contributed by atoms with Crippen molar-refractivity contribution in [2.45, 2.75) is 69.6 Å². The molecule has 222 valence electrons. The van der Waals surface area contributed by atoms with Crippen LogP contribution in [0.2, 0.25) is 10.0 Å². The van der Waals surface area contributed by atoms with Gasteiger partial charge < -0.3 is 5.32 Å². The van der Waals surface area contributed by atoms with E-state index in [0.717, 1.165) is 31.2 Å². The summed E-state index contributed by atoms with van der Waals surface area (Å²) in [5.74, 6) is -0.610. The summed E-state index contributed by atoms with van der Waals surface area (Å²) in [4.78, 5) is 18.1. The van der Waals surface area contributed by atoms with Crippen LogP contribution in [0.25, 0.3) is 0 Å². The Balaban J connectivity index is 1.47. The molecule has 1 aliphatic heterocycles. The molecule has 42 heavy (non-hydrogen) atoms. The zero-order valence-corrected chi connectivity index (χ0v) is 24.7. The standard InChI is InChI=1S/C32H35Cl2F2N5O/c33-25-10-6-7-22(17-25)30(42)38-31(37-20-23-13-16-27(36)18-28(23)34)39-32(24-8-4-2-1-3-5-9-24)19-29(40-41-32)21-11-14-26(35)15-12-21/h6-7,10-18,24,29,40-41H,1-5,8-9,19-20H2,(H2,37,38,39,42). The van der Waals surface area contributed by atoms with E-state index in [1.54, 1.807) is 42.5 Å². The lowest BCUT2D eigenvalue weighted by Gasteiger charge is -2.40. The van der Waals surface area contributed by atoms with Crippen LogP contribution in [0.15, 0.2) is 71.7 Å². The number of hydrogen-bond acceptors (Lipinski definition) is 4. The van der Waals surface area contributed by atoms with Crippen molar-refractivity contribution in [3.8, 4) is 0 Å². The number of amides is 1. The highest BCUT2D eigenvalue weighted by Crippen LogP contribution is 2.38. The summed E-state index contributed by atoms with van der Waals surface area (Å²) in [6.07, 6.45) is 8.42. The van der Waals surface area contributed by atoms with Crippen LogP contribution in [0.5, 0.6) is 0 Å². The number of hydrazine groups is 1. The number of rotatable bonds is 6. The highest BCUT2D eigenvalue weighted by Gasteiger charge is 2.46. The number of guanidine groups is 1. The number of nitrogens with one attached hydrogen (secondary N) is 4. The molecule has 2 atom stereocenters. The van der Waals surface area contributed by atoms with Gasteiger partial charge in [0, 0.05) is 28.1 Å². The lowest BCUT2D eigenvalue weighted by molar-refractivity contribution is 0.0972. The van der Waals surface area contributed by atoms with Gasteiger partial charge in [-0.05, 0) is 72.4 Å². The third kappa shape index (κ3) is 7.67. The molecular formula is C32H35Cl2F2N5O. The maximum absolute atomic E-state index is 13.7. The number of nitrogens with zero attached hydrogens (tertiary/aromatic N) is 1.